The lowest BCUT2D eigenvalue weighted by atomic mass is 10.2. The van der Waals surface area contributed by atoms with Crippen LogP contribution in [-0.4, -0.2) is 15.9 Å². The van der Waals surface area contributed by atoms with E-state index in [-0.39, 0.29) is 0 Å². The Morgan fingerprint density at radius 3 is 2.25 bits per heavy atom. The molecule has 3 nitrogen and oxygen atoms in total. The van der Waals surface area contributed by atoms with Crippen LogP contribution in [0.15, 0.2) is 46.9 Å². The predicted molar refractivity (Wildman–Crippen MR) is 106 cm³/mol. The van der Waals surface area contributed by atoms with Crippen LogP contribution in [0.5, 0.6) is 0 Å². The van der Waals surface area contributed by atoms with Gasteiger partial charge in [-0.3, -0.25) is 4.79 Å². The Morgan fingerprint density at radius 1 is 1.04 bits per heavy atom. The van der Waals surface area contributed by atoms with E-state index in [1.807, 2.05) is 0 Å². The van der Waals surface area contributed by atoms with Gasteiger partial charge in [-0.05, 0) is 42.5 Å². The van der Waals surface area contributed by atoms with Crippen molar-refractivity contribution in [3.63, 3.8) is 0 Å². The van der Waals surface area contributed by atoms with Crippen molar-refractivity contribution in [3.8, 4) is 0 Å². The summed E-state index contributed by atoms with van der Waals surface area (Å²) in [7, 11) is 0. The third-order valence-electron chi connectivity index (χ3n) is 2.94. The maximum absolute atomic E-state index is 12.4. The molecule has 2 N–H and O–H groups in total. The van der Waals surface area contributed by atoms with Crippen LogP contribution in [0.1, 0.15) is 10.4 Å². The Hall–Kier alpha value is -0.360. The number of halogens is 6. The van der Waals surface area contributed by atoms with E-state index in [9.17, 15) is 4.79 Å². The molecule has 0 fully saturated rings. The van der Waals surface area contributed by atoms with E-state index in [0.29, 0.717) is 21.3 Å². The summed E-state index contributed by atoms with van der Waals surface area (Å²) in [6.45, 7) is 0. The van der Waals surface area contributed by atoms with Crippen LogP contribution in [0, 0.1) is 0 Å². The van der Waals surface area contributed by atoms with Gasteiger partial charge in [0, 0.05) is 15.1 Å². The number of carbonyl (C=O) groups is 1. The first-order chi connectivity index (χ1) is 11.2. The number of carbonyl (C=O) groups excluding carboxylic acids is 1. The molecule has 0 saturated carbocycles. The fourth-order valence-corrected chi connectivity index (χ4v) is 2.71. The Bertz CT molecular complexity index is 734. The largest absolute Gasteiger partial charge is 0.361 e. The number of anilines is 1. The topological polar surface area (TPSA) is 41.1 Å². The second kappa shape index (κ2) is 8.35. The number of hydrogen-bond acceptors (Lipinski definition) is 2. The summed E-state index contributed by atoms with van der Waals surface area (Å²) in [5.41, 5.74) is 0.841. The van der Waals surface area contributed by atoms with E-state index in [1.165, 1.54) is 0 Å². The van der Waals surface area contributed by atoms with Crippen LogP contribution in [0.25, 0.3) is 0 Å². The minimum absolute atomic E-state index is 0.372. The van der Waals surface area contributed by atoms with Gasteiger partial charge >= 0.3 is 0 Å². The van der Waals surface area contributed by atoms with Crippen LogP contribution >= 0.6 is 73.9 Å². The molecular formula is C15H10BrCl5N2O. The first kappa shape index (κ1) is 20.0. The van der Waals surface area contributed by atoms with Crippen LogP contribution in [0.3, 0.4) is 0 Å². The monoisotopic (exact) mass is 488 g/mol. The van der Waals surface area contributed by atoms with Gasteiger partial charge in [-0.25, -0.2) is 0 Å². The Labute approximate surface area is 172 Å². The molecule has 0 radical (unpaired) electrons. The standard InChI is InChI=1S/C15H10BrCl5N2O/c16-9-3-1-8(2-4-9)13(24)23-14(15(19,20)21)22-12-7-10(17)5-6-11(12)18/h1-7,14,22H,(H,23,24). The minimum Gasteiger partial charge on any atom is -0.361 e. The number of rotatable bonds is 4. The Kier molecular flexibility index (Phi) is 6.94. The Balaban J connectivity index is 2.21. The van der Waals surface area contributed by atoms with Crippen molar-refractivity contribution in [2.75, 3.05) is 5.32 Å². The smallest absolute Gasteiger partial charge is 0.252 e. The van der Waals surface area contributed by atoms with Crippen molar-refractivity contribution in [1.82, 2.24) is 5.32 Å². The fourth-order valence-electron chi connectivity index (χ4n) is 1.78. The van der Waals surface area contributed by atoms with Crippen LogP contribution in [0.4, 0.5) is 5.69 Å². The zero-order valence-electron chi connectivity index (χ0n) is 11.8. The van der Waals surface area contributed by atoms with E-state index in [1.54, 1.807) is 42.5 Å². The van der Waals surface area contributed by atoms with Gasteiger partial charge in [0.25, 0.3) is 5.91 Å². The zero-order chi connectivity index (χ0) is 17.9. The van der Waals surface area contributed by atoms with Gasteiger partial charge in [0.15, 0.2) is 0 Å². The van der Waals surface area contributed by atoms with Gasteiger partial charge in [0.1, 0.15) is 6.17 Å². The molecular weight excluding hydrogens is 481 g/mol. The quantitative estimate of drug-likeness (QED) is 0.390. The number of nitrogens with one attached hydrogen (secondary N) is 2. The molecule has 24 heavy (non-hydrogen) atoms. The summed E-state index contributed by atoms with van der Waals surface area (Å²) in [6, 6.07) is 11.5. The molecule has 1 amide bonds. The van der Waals surface area contributed by atoms with Gasteiger partial charge in [-0.15, -0.1) is 0 Å². The van der Waals surface area contributed by atoms with Crippen molar-refractivity contribution in [3.05, 3.63) is 62.5 Å². The van der Waals surface area contributed by atoms with E-state index in [4.69, 9.17) is 58.0 Å². The van der Waals surface area contributed by atoms with Crippen molar-refractivity contribution < 1.29 is 4.79 Å². The zero-order valence-corrected chi connectivity index (χ0v) is 17.2. The minimum atomic E-state index is -1.82. The summed E-state index contributed by atoms with van der Waals surface area (Å²) in [5.74, 6) is -0.413. The molecule has 0 heterocycles. The van der Waals surface area contributed by atoms with Crippen LogP contribution in [-0.2, 0) is 0 Å². The second-order valence-electron chi connectivity index (χ2n) is 4.72. The maximum atomic E-state index is 12.4. The van der Waals surface area contributed by atoms with Crippen molar-refractivity contribution in [2.45, 2.75) is 9.96 Å². The average molecular weight is 491 g/mol. The van der Waals surface area contributed by atoms with E-state index >= 15 is 0 Å². The molecule has 2 rings (SSSR count). The fraction of sp³-hybridized carbons (Fsp3) is 0.133. The second-order valence-corrected chi connectivity index (χ2v) is 8.85. The average Bonchev–Trinajstić information content (AvgIpc) is 2.49. The summed E-state index contributed by atoms with van der Waals surface area (Å²) in [5, 5.41) is 6.33. The van der Waals surface area contributed by atoms with Crippen LogP contribution in [0.2, 0.25) is 10.0 Å². The SMILES string of the molecule is O=C(NC(Nc1cc(Cl)ccc1Cl)C(Cl)(Cl)Cl)c1ccc(Br)cc1. The molecule has 1 unspecified atom stereocenters. The first-order valence-electron chi connectivity index (χ1n) is 6.51. The molecule has 0 aromatic heterocycles. The van der Waals surface area contributed by atoms with E-state index in [2.05, 4.69) is 26.6 Å². The highest BCUT2D eigenvalue weighted by molar-refractivity contribution is 9.10. The lowest BCUT2D eigenvalue weighted by molar-refractivity contribution is 0.0942. The molecule has 2 aromatic rings. The Morgan fingerprint density at radius 2 is 1.67 bits per heavy atom. The molecule has 0 aliphatic carbocycles. The maximum Gasteiger partial charge on any atom is 0.252 e. The van der Waals surface area contributed by atoms with Crippen LogP contribution < -0.4 is 10.6 Å². The highest BCUT2D eigenvalue weighted by Crippen LogP contribution is 2.34. The van der Waals surface area contributed by atoms with Gasteiger partial charge in [0.05, 0.1) is 10.7 Å². The lowest BCUT2D eigenvalue weighted by Crippen LogP contribution is -2.49. The number of alkyl halides is 3. The van der Waals surface area contributed by atoms with Crippen molar-refractivity contribution >= 4 is 85.5 Å². The highest BCUT2D eigenvalue weighted by atomic mass is 79.9. The van der Waals surface area contributed by atoms with Crippen molar-refractivity contribution in [2.24, 2.45) is 0 Å². The van der Waals surface area contributed by atoms with E-state index < -0.39 is 15.9 Å². The summed E-state index contributed by atoms with van der Waals surface area (Å²) in [4.78, 5) is 12.4. The summed E-state index contributed by atoms with van der Waals surface area (Å²) < 4.78 is -0.975. The lowest BCUT2D eigenvalue weighted by Gasteiger charge is -2.28. The third kappa shape index (κ3) is 5.58. The predicted octanol–water partition coefficient (Wildman–Crippen LogP) is 6.29. The molecule has 1 atom stereocenters. The summed E-state index contributed by atoms with van der Waals surface area (Å²) >= 11 is 33.2. The first-order valence-corrected chi connectivity index (χ1v) is 9.20. The summed E-state index contributed by atoms with van der Waals surface area (Å²) in [6.07, 6.45) is -1.03. The molecule has 2 aromatic carbocycles. The molecule has 0 bridgehead atoms. The molecule has 0 saturated heterocycles. The molecule has 128 valence electrons. The third-order valence-corrected chi connectivity index (χ3v) is 4.69. The number of amides is 1. The number of hydrogen-bond donors (Lipinski definition) is 2. The molecule has 0 spiro atoms. The van der Waals surface area contributed by atoms with Gasteiger partial charge in [-0.2, -0.15) is 0 Å². The molecule has 0 aliphatic rings. The van der Waals surface area contributed by atoms with Gasteiger partial charge in [-0.1, -0.05) is 73.9 Å². The molecule has 0 aliphatic heterocycles. The highest BCUT2D eigenvalue weighted by Gasteiger charge is 2.34. The normalized spacial score (nSPS) is 12.6. The van der Waals surface area contributed by atoms with Gasteiger partial charge in [0.2, 0.25) is 3.79 Å². The van der Waals surface area contributed by atoms with E-state index in [0.717, 1.165) is 4.47 Å². The van der Waals surface area contributed by atoms with Gasteiger partial charge < -0.3 is 10.6 Å². The molecule has 9 heteroatoms. The van der Waals surface area contributed by atoms with Crippen molar-refractivity contribution in [1.29, 1.82) is 0 Å². The number of benzene rings is 2.